The molecule has 6 nitrogen and oxygen atoms in total. The molecule has 0 spiro atoms. The highest BCUT2D eigenvalue weighted by molar-refractivity contribution is 7.87. The summed E-state index contributed by atoms with van der Waals surface area (Å²) < 4.78 is 35.0. The molecule has 1 unspecified atom stereocenters. The molecule has 0 bridgehead atoms. The van der Waals surface area contributed by atoms with Gasteiger partial charge in [0.25, 0.3) is 0 Å². The first-order valence-corrected chi connectivity index (χ1v) is 8.16. The third-order valence-electron chi connectivity index (χ3n) is 3.76. The van der Waals surface area contributed by atoms with Gasteiger partial charge in [0.1, 0.15) is 5.25 Å². The van der Waals surface area contributed by atoms with Crippen LogP contribution in [0.3, 0.4) is 0 Å². The maximum absolute atomic E-state index is 13.0. The molecule has 3 rings (SSSR count). The lowest BCUT2D eigenvalue weighted by atomic mass is 10.1. The van der Waals surface area contributed by atoms with Gasteiger partial charge in [0.2, 0.25) is 5.91 Å². The summed E-state index contributed by atoms with van der Waals surface area (Å²) in [4.78, 5) is 13.1. The van der Waals surface area contributed by atoms with E-state index in [4.69, 9.17) is 0 Å². The molecular formula is C14H14FN3O3S. The Kier molecular flexibility index (Phi) is 3.48. The fourth-order valence-corrected chi connectivity index (χ4v) is 3.22. The molecular weight excluding hydrogens is 309 g/mol. The highest BCUT2D eigenvalue weighted by Crippen LogP contribution is 2.28. The Morgan fingerprint density at radius 3 is 2.73 bits per heavy atom. The lowest BCUT2D eigenvalue weighted by Gasteiger charge is -2.11. The van der Waals surface area contributed by atoms with Crippen molar-refractivity contribution in [2.45, 2.75) is 18.6 Å². The Balaban J connectivity index is 1.89. The SMILES string of the molecule is Cc1ccccc1-c1cc(N2CC(S(=O)(=O)F)CC2=O)n[nH]1. The smallest absolute Gasteiger partial charge is 0.294 e. The molecule has 1 fully saturated rings. The minimum atomic E-state index is -4.73. The second-order valence-corrected chi connectivity index (χ2v) is 6.88. The number of nitrogens with zero attached hydrogens (tertiary/aromatic N) is 2. The van der Waals surface area contributed by atoms with Gasteiger partial charge in [-0.25, -0.2) is 0 Å². The van der Waals surface area contributed by atoms with Crippen LogP contribution in [0.2, 0.25) is 0 Å². The van der Waals surface area contributed by atoms with Crippen LogP contribution in [0.5, 0.6) is 0 Å². The first kappa shape index (κ1) is 14.7. The summed E-state index contributed by atoms with van der Waals surface area (Å²) in [5.41, 5.74) is 2.68. The Bertz CT molecular complexity index is 831. The molecule has 1 aliphatic heterocycles. The van der Waals surface area contributed by atoms with Crippen molar-refractivity contribution in [3.8, 4) is 11.3 Å². The predicted molar refractivity (Wildman–Crippen MR) is 79.5 cm³/mol. The van der Waals surface area contributed by atoms with Crippen molar-refractivity contribution in [1.29, 1.82) is 0 Å². The van der Waals surface area contributed by atoms with Gasteiger partial charge in [-0.05, 0) is 12.5 Å². The molecule has 0 aliphatic carbocycles. The number of carbonyl (C=O) groups is 1. The molecule has 22 heavy (non-hydrogen) atoms. The van der Waals surface area contributed by atoms with E-state index in [9.17, 15) is 17.1 Å². The maximum Gasteiger partial charge on any atom is 0.307 e. The fraction of sp³-hybridized carbons (Fsp3) is 0.286. The Morgan fingerprint density at radius 2 is 2.09 bits per heavy atom. The van der Waals surface area contributed by atoms with Crippen molar-refractivity contribution >= 4 is 21.9 Å². The minimum absolute atomic E-state index is 0.213. The van der Waals surface area contributed by atoms with Gasteiger partial charge >= 0.3 is 10.2 Å². The van der Waals surface area contributed by atoms with Gasteiger partial charge in [0.05, 0.1) is 5.69 Å². The number of halogens is 1. The molecule has 0 saturated carbocycles. The molecule has 1 atom stereocenters. The number of H-pyrrole nitrogens is 1. The summed E-state index contributed by atoms with van der Waals surface area (Å²) in [5.74, 6) is -0.150. The van der Waals surface area contributed by atoms with Gasteiger partial charge in [-0.3, -0.25) is 14.8 Å². The number of hydrogen-bond acceptors (Lipinski definition) is 4. The molecule has 1 saturated heterocycles. The minimum Gasteiger partial charge on any atom is -0.294 e. The Morgan fingerprint density at radius 1 is 1.36 bits per heavy atom. The average molecular weight is 323 g/mol. The maximum atomic E-state index is 13.0. The van der Waals surface area contributed by atoms with Gasteiger partial charge in [-0.15, -0.1) is 3.89 Å². The number of benzene rings is 1. The van der Waals surface area contributed by atoms with Crippen LogP contribution in [0.4, 0.5) is 9.70 Å². The number of rotatable bonds is 3. The van der Waals surface area contributed by atoms with Crippen LogP contribution < -0.4 is 4.90 Å². The molecule has 2 aromatic rings. The number of aryl methyl sites for hydroxylation is 1. The van der Waals surface area contributed by atoms with Crippen molar-refractivity contribution in [2.75, 3.05) is 11.4 Å². The number of anilines is 1. The lowest BCUT2D eigenvalue weighted by Crippen LogP contribution is -2.27. The highest BCUT2D eigenvalue weighted by atomic mass is 32.3. The van der Waals surface area contributed by atoms with Gasteiger partial charge in [0, 0.05) is 24.6 Å². The van der Waals surface area contributed by atoms with E-state index in [0.29, 0.717) is 11.5 Å². The zero-order valence-corrected chi connectivity index (χ0v) is 12.6. The van der Waals surface area contributed by atoms with Crippen molar-refractivity contribution in [1.82, 2.24) is 10.2 Å². The number of aromatic amines is 1. The third-order valence-corrected chi connectivity index (χ3v) is 4.88. The van der Waals surface area contributed by atoms with Gasteiger partial charge < -0.3 is 0 Å². The summed E-state index contributed by atoms with van der Waals surface area (Å²) in [6, 6.07) is 9.32. The summed E-state index contributed by atoms with van der Waals surface area (Å²) in [6.07, 6.45) is -0.356. The number of amides is 1. The highest BCUT2D eigenvalue weighted by Gasteiger charge is 2.39. The van der Waals surface area contributed by atoms with E-state index in [0.717, 1.165) is 11.1 Å². The van der Waals surface area contributed by atoms with E-state index in [1.54, 1.807) is 6.07 Å². The van der Waals surface area contributed by atoms with Crippen molar-refractivity contribution in [3.63, 3.8) is 0 Å². The number of carbonyl (C=O) groups excluding carboxylic acids is 1. The van der Waals surface area contributed by atoms with Crippen LogP contribution in [0.1, 0.15) is 12.0 Å². The second kappa shape index (κ2) is 5.20. The number of aromatic nitrogens is 2. The molecule has 8 heteroatoms. The Hall–Kier alpha value is -2.22. The van der Waals surface area contributed by atoms with Crippen molar-refractivity contribution in [3.05, 3.63) is 35.9 Å². The first-order chi connectivity index (χ1) is 10.4. The molecule has 2 heterocycles. The molecule has 1 aromatic heterocycles. The van der Waals surface area contributed by atoms with E-state index in [2.05, 4.69) is 10.2 Å². The van der Waals surface area contributed by atoms with Crippen LogP contribution in [0.15, 0.2) is 30.3 Å². The van der Waals surface area contributed by atoms with Crippen molar-refractivity contribution < 1.29 is 17.1 Å². The van der Waals surface area contributed by atoms with E-state index >= 15 is 0 Å². The number of nitrogens with one attached hydrogen (secondary N) is 1. The zero-order chi connectivity index (χ0) is 15.9. The molecule has 1 aliphatic rings. The topological polar surface area (TPSA) is 83.1 Å². The number of hydrogen-bond donors (Lipinski definition) is 1. The van der Waals surface area contributed by atoms with Gasteiger partial charge in [0.15, 0.2) is 5.82 Å². The molecule has 1 N–H and O–H groups in total. The van der Waals surface area contributed by atoms with Gasteiger partial charge in [-0.2, -0.15) is 13.5 Å². The van der Waals surface area contributed by atoms with Crippen LogP contribution in [-0.2, 0) is 15.0 Å². The summed E-state index contributed by atoms with van der Waals surface area (Å²) in [7, 11) is -4.73. The van der Waals surface area contributed by atoms with E-state index < -0.39 is 21.4 Å². The second-order valence-electron chi connectivity index (χ2n) is 5.26. The fourth-order valence-electron chi connectivity index (χ4n) is 2.55. The van der Waals surface area contributed by atoms with Crippen LogP contribution in [0, 0.1) is 6.92 Å². The monoisotopic (exact) mass is 323 g/mol. The quantitative estimate of drug-likeness (QED) is 0.873. The molecule has 0 radical (unpaired) electrons. The van der Waals surface area contributed by atoms with Crippen LogP contribution in [0.25, 0.3) is 11.3 Å². The Labute approximate surface area is 127 Å². The molecule has 1 aromatic carbocycles. The summed E-state index contributed by atoms with van der Waals surface area (Å²) in [6.45, 7) is 1.73. The van der Waals surface area contributed by atoms with Crippen LogP contribution in [-0.4, -0.2) is 36.3 Å². The van der Waals surface area contributed by atoms with E-state index in [1.165, 1.54) is 4.90 Å². The summed E-state index contributed by atoms with van der Waals surface area (Å²) >= 11 is 0. The van der Waals surface area contributed by atoms with Crippen molar-refractivity contribution in [2.24, 2.45) is 0 Å². The lowest BCUT2D eigenvalue weighted by molar-refractivity contribution is -0.117. The first-order valence-electron chi connectivity index (χ1n) is 6.71. The van der Waals surface area contributed by atoms with E-state index in [-0.39, 0.29) is 13.0 Å². The zero-order valence-electron chi connectivity index (χ0n) is 11.8. The van der Waals surface area contributed by atoms with Gasteiger partial charge in [-0.1, -0.05) is 24.3 Å². The molecule has 1 amide bonds. The van der Waals surface area contributed by atoms with E-state index in [1.807, 2.05) is 31.2 Å². The predicted octanol–water partition coefficient (Wildman–Crippen LogP) is 1.79. The normalized spacial score (nSPS) is 18.9. The molecule has 116 valence electrons. The average Bonchev–Trinajstić information content (AvgIpc) is 3.05. The summed E-state index contributed by atoms with van der Waals surface area (Å²) in [5, 5.41) is 5.55. The largest absolute Gasteiger partial charge is 0.307 e. The standard InChI is InChI=1S/C14H14FN3O3S/c1-9-4-2-3-5-11(9)12-7-13(17-16-12)18-8-10(6-14(18)19)22(15,20)21/h2-5,7,10H,6,8H2,1H3,(H,16,17). The third kappa shape index (κ3) is 2.61. The van der Waals surface area contributed by atoms with Crippen LogP contribution >= 0.6 is 0 Å².